The molecule has 1 fully saturated rings. The first-order valence-electron chi connectivity index (χ1n) is 31.2. The van der Waals surface area contributed by atoms with Crippen molar-refractivity contribution in [3.63, 3.8) is 0 Å². The van der Waals surface area contributed by atoms with Crippen LogP contribution in [0.15, 0.2) is 109 Å². The number of ether oxygens (including phenoxy) is 3. The first kappa shape index (κ1) is 72.3. The van der Waals surface area contributed by atoms with Crippen molar-refractivity contribution in [1.29, 1.82) is 0 Å². The maximum absolute atomic E-state index is 13.4. The van der Waals surface area contributed by atoms with Crippen LogP contribution >= 0.6 is 0 Å². The zero-order valence-corrected chi connectivity index (χ0v) is 49.2. The van der Waals surface area contributed by atoms with Gasteiger partial charge in [0.05, 0.1) is 25.4 Å². The molecule has 1 amide bonds. The van der Waals surface area contributed by atoms with Gasteiger partial charge in [-0.05, 0) is 103 Å². The highest BCUT2D eigenvalue weighted by atomic mass is 16.7. The zero-order chi connectivity index (χ0) is 56.8. The highest BCUT2D eigenvalue weighted by molar-refractivity contribution is 5.80. The summed E-state index contributed by atoms with van der Waals surface area (Å²) in [5.41, 5.74) is 0. The van der Waals surface area contributed by atoms with Crippen molar-refractivity contribution >= 4 is 11.9 Å². The topological polar surface area (TPSA) is 175 Å². The molecule has 11 heteroatoms. The molecule has 1 rings (SSSR count). The summed E-state index contributed by atoms with van der Waals surface area (Å²) in [6, 6.07) is -1.04. The molecule has 1 heterocycles. The second-order valence-electron chi connectivity index (χ2n) is 21.0. The van der Waals surface area contributed by atoms with Crippen LogP contribution in [0.25, 0.3) is 0 Å². The molecular weight excluding hydrogens is 979 g/mol. The smallest absolute Gasteiger partial charge is 0.306 e. The summed E-state index contributed by atoms with van der Waals surface area (Å²) >= 11 is 0. The van der Waals surface area contributed by atoms with Crippen LogP contribution in [0.4, 0.5) is 0 Å². The molecule has 0 aromatic rings. The van der Waals surface area contributed by atoms with Crippen molar-refractivity contribution in [1.82, 2.24) is 5.32 Å². The van der Waals surface area contributed by atoms with Crippen molar-refractivity contribution in [2.75, 3.05) is 13.2 Å². The minimum Gasteiger partial charge on any atom is -0.454 e. The van der Waals surface area contributed by atoms with Crippen LogP contribution in [0, 0.1) is 0 Å². The minimum atomic E-state index is -1.62. The lowest BCUT2D eigenvalue weighted by molar-refractivity contribution is -0.305. The number of aliphatic hydroxyl groups is 5. The first-order valence-corrected chi connectivity index (χ1v) is 31.2. The Kier molecular flexibility index (Phi) is 50.0. The quantitative estimate of drug-likeness (QED) is 0.0195. The van der Waals surface area contributed by atoms with E-state index in [1.54, 1.807) is 6.08 Å². The molecule has 1 aliphatic heterocycles. The Morgan fingerprint density at radius 2 is 0.923 bits per heavy atom. The molecule has 0 aromatic heterocycles. The van der Waals surface area contributed by atoms with Crippen molar-refractivity contribution in [2.45, 2.75) is 288 Å². The van der Waals surface area contributed by atoms with E-state index in [1.807, 2.05) is 6.08 Å². The Morgan fingerprint density at radius 1 is 0.513 bits per heavy atom. The van der Waals surface area contributed by atoms with Gasteiger partial charge in [-0.25, -0.2) is 0 Å². The lowest BCUT2D eigenvalue weighted by Crippen LogP contribution is -2.61. The van der Waals surface area contributed by atoms with Gasteiger partial charge in [-0.2, -0.15) is 0 Å². The summed E-state index contributed by atoms with van der Waals surface area (Å²) in [4.78, 5) is 26.5. The summed E-state index contributed by atoms with van der Waals surface area (Å²) in [6.07, 6.45) is 62.7. The van der Waals surface area contributed by atoms with E-state index in [1.165, 1.54) is 44.9 Å². The fourth-order valence-corrected chi connectivity index (χ4v) is 9.04. The molecule has 0 saturated carbocycles. The number of rotatable bonds is 51. The third kappa shape index (κ3) is 41.3. The summed E-state index contributed by atoms with van der Waals surface area (Å²) in [5.74, 6) is -1.23. The van der Waals surface area contributed by atoms with Gasteiger partial charge in [0.1, 0.15) is 24.4 Å². The van der Waals surface area contributed by atoms with E-state index in [2.05, 4.69) is 123 Å². The Morgan fingerprint density at radius 3 is 1.38 bits per heavy atom. The normalized spacial score (nSPS) is 19.7. The third-order valence-electron chi connectivity index (χ3n) is 13.9. The highest BCUT2D eigenvalue weighted by Gasteiger charge is 2.47. The SMILES string of the molecule is CC/C=C\C/C=C\C/C=C\C/C=C\C/C=C\C/C=C\CCCCCCCC(O)C(=O)NC(COC1OC(CO)C(O)C(O)C1OC(=O)CCCCCCCCC/C=C/C/C=C/CC)C(O)/C=C/CCCCCCCCCCC. The number of carbonyl (C=O) groups excluding carboxylic acids is 2. The van der Waals surface area contributed by atoms with E-state index in [-0.39, 0.29) is 19.4 Å². The fraction of sp³-hybridized carbons (Fsp3) is 0.701. The Balaban J connectivity index is 2.66. The van der Waals surface area contributed by atoms with Gasteiger partial charge in [0.2, 0.25) is 5.91 Å². The Labute approximate surface area is 475 Å². The van der Waals surface area contributed by atoms with Gasteiger partial charge >= 0.3 is 5.97 Å². The lowest BCUT2D eigenvalue weighted by Gasteiger charge is -2.41. The molecule has 11 nitrogen and oxygen atoms in total. The van der Waals surface area contributed by atoms with Gasteiger partial charge in [-0.3, -0.25) is 9.59 Å². The maximum atomic E-state index is 13.4. The highest BCUT2D eigenvalue weighted by Crippen LogP contribution is 2.26. The molecule has 0 radical (unpaired) electrons. The Bertz CT molecular complexity index is 1680. The lowest BCUT2D eigenvalue weighted by atomic mass is 9.99. The van der Waals surface area contributed by atoms with Gasteiger partial charge in [0.25, 0.3) is 0 Å². The molecule has 8 atom stereocenters. The average Bonchev–Trinajstić information content (AvgIpc) is 3.44. The summed E-state index contributed by atoms with van der Waals surface area (Å²) in [5, 5.41) is 56.9. The monoisotopic (exact) mass is 1090 g/mol. The number of nitrogens with one attached hydrogen (secondary N) is 1. The number of hydrogen-bond donors (Lipinski definition) is 6. The van der Waals surface area contributed by atoms with Crippen LogP contribution < -0.4 is 5.32 Å². The molecule has 78 heavy (non-hydrogen) atoms. The van der Waals surface area contributed by atoms with E-state index in [9.17, 15) is 35.1 Å². The van der Waals surface area contributed by atoms with Crippen LogP contribution in [-0.2, 0) is 23.8 Å². The molecule has 0 aromatic carbocycles. The minimum absolute atomic E-state index is 0.107. The summed E-state index contributed by atoms with van der Waals surface area (Å²) in [7, 11) is 0. The Hall–Kier alpha value is -3.68. The molecule has 1 saturated heterocycles. The van der Waals surface area contributed by atoms with Crippen molar-refractivity contribution in [2.24, 2.45) is 0 Å². The first-order chi connectivity index (χ1) is 38.2. The molecule has 8 unspecified atom stereocenters. The van der Waals surface area contributed by atoms with Crippen LogP contribution in [0.3, 0.4) is 0 Å². The van der Waals surface area contributed by atoms with Gasteiger partial charge in [0, 0.05) is 6.42 Å². The van der Waals surface area contributed by atoms with Crippen LogP contribution in [0.5, 0.6) is 0 Å². The van der Waals surface area contributed by atoms with Crippen LogP contribution in [0.2, 0.25) is 0 Å². The molecule has 1 aliphatic rings. The van der Waals surface area contributed by atoms with Crippen LogP contribution in [0.1, 0.15) is 239 Å². The molecular formula is C67H113NO10. The third-order valence-corrected chi connectivity index (χ3v) is 13.9. The largest absolute Gasteiger partial charge is 0.454 e. The molecule has 6 N–H and O–H groups in total. The van der Waals surface area contributed by atoms with E-state index < -0.39 is 67.4 Å². The van der Waals surface area contributed by atoms with Crippen molar-refractivity contribution < 1.29 is 49.3 Å². The standard InChI is InChI=1S/C67H113NO10/c1-4-7-10-13-16-19-22-24-26-27-28-29-30-31-32-33-34-35-36-39-42-45-48-51-54-60(71)66(75)68-58(59(70)53-50-47-44-41-38-21-18-15-12-9-6-3)57-76-67-65(64(74)63(73)61(56-69)77-67)78-62(72)55-52-49-46-43-40-37-25-23-20-17-14-11-8-5-2/h7-8,10-11,16-17,19-20,24,26,28-29,31-32,34-35,50,53,58-61,63-65,67,69-71,73-74H,4-6,9,12-15,18,21-23,25,27,30,33,36-49,51-52,54-57H2,1-3H3,(H,68,75)/b10-7-,11-8+,19-16-,20-17+,26-24-,29-28-,32-31-,35-34-,53-50+. The second-order valence-corrected chi connectivity index (χ2v) is 21.0. The van der Waals surface area contributed by atoms with Gasteiger partial charge in [-0.15, -0.1) is 0 Å². The van der Waals surface area contributed by atoms with E-state index in [0.29, 0.717) is 12.8 Å². The van der Waals surface area contributed by atoms with Gasteiger partial charge in [0.15, 0.2) is 12.4 Å². The fourth-order valence-electron chi connectivity index (χ4n) is 9.04. The number of hydrogen-bond acceptors (Lipinski definition) is 10. The van der Waals surface area contributed by atoms with E-state index in [4.69, 9.17) is 14.2 Å². The molecule has 446 valence electrons. The number of amides is 1. The number of allylic oxidation sites excluding steroid dienone is 17. The summed E-state index contributed by atoms with van der Waals surface area (Å²) < 4.78 is 17.6. The summed E-state index contributed by atoms with van der Waals surface area (Å²) in [6.45, 7) is 5.53. The zero-order valence-electron chi connectivity index (χ0n) is 49.2. The average molecular weight is 1090 g/mol. The predicted molar refractivity (Wildman–Crippen MR) is 324 cm³/mol. The number of unbranched alkanes of at least 4 members (excludes halogenated alkanes) is 21. The van der Waals surface area contributed by atoms with E-state index in [0.717, 1.165) is 148 Å². The molecule has 0 aliphatic carbocycles. The molecule has 0 bridgehead atoms. The van der Waals surface area contributed by atoms with Crippen LogP contribution in [-0.4, -0.2) is 99.6 Å². The number of esters is 1. The van der Waals surface area contributed by atoms with Gasteiger partial charge < -0.3 is 45.1 Å². The number of carbonyl (C=O) groups is 2. The van der Waals surface area contributed by atoms with E-state index >= 15 is 0 Å². The van der Waals surface area contributed by atoms with Crippen molar-refractivity contribution in [3.05, 3.63) is 109 Å². The predicted octanol–water partition coefficient (Wildman–Crippen LogP) is 14.9. The molecule has 0 spiro atoms. The number of aliphatic hydroxyl groups excluding tert-OH is 5. The van der Waals surface area contributed by atoms with Gasteiger partial charge in [-0.1, -0.05) is 239 Å². The second kappa shape index (κ2) is 53.9. The van der Waals surface area contributed by atoms with Crippen molar-refractivity contribution in [3.8, 4) is 0 Å². The maximum Gasteiger partial charge on any atom is 0.306 e.